The Morgan fingerprint density at radius 1 is 1.00 bits per heavy atom. The van der Waals surface area contributed by atoms with Gasteiger partial charge in [0.15, 0.2) is 0 Å². The summed E-state index contributed by atoms with van der Waals surface area (Å²) < 4.78 is 0.928. The van der Waals surface area contributed by atoms with Crippen LogP contribution in [0.3, 0.4) is 0 Å². The van der Waals surface area contributed by atoms with E-state index in [9.17, 15) is 9.59 Å². The minimum atomic E-state index is -0.174. The summed E-state index contributed by atoms with van der Waals surface area (Å²) in [6, 6.07) is 12.9. The van der Waals surface area contributed by atoms with Crippen molar-refractivity contribution in [3.05, 3.63) is 74.0 Å². The number of benzene rings is 2. The fourth-order valence-corrected chi connectivity index (χ4v) is 3.71. The molecule has 1 aliphatic carbocycles. The molecule has 0 unspecified atom stereocenters. The van der Waals surface area contributed by atoms with E-state index < -0.39 is 0 Å². The first-order valence-electron chi connectivity index (χ1n) is 8.36. The van der Waals surface area contributed by atoms with Crippen molar-refractivity contribution in [3.8, 4) is 0 Å². The third-order valence-electron chi connectivity index (χ3n) is 4.70. The van der Waals surface area contributed by atoms with Crippen LogP contribution in [-0.2, 0) is 12.8 Å². The number of nitrogens with one attached hydrogen (secondary N) is 2. The summed E-state index contributed by atoms with van der Waals surface area (Å²) in [5, 5.41) is 3.97. The molecule has 0 saturated heterocycles. The fraction of sp³-hybridized carbons (Fsp3) is 0.200. The lowest BCUT2D eigenvalue weighted by Gasteiger charge is -2.17. The first-order chi connectivity index (χ1) is 12.1. The molecule has 3 aromatic rings. The van der Waals surface area contributed by atoms with E-state index in [0.29, 0.717) is 11.3 Å². The number of halogens is 1. The van der Waals surface area contributed by atoms with Gasteiger partial charge in [-0.2, -0.15) is 0 Å². The van der Waals surface area contributed by atoms with Crippen LogP contribution < -0.4 is 10.9 Å². The Morgan fingerprint density at radius 3 is 2.48 bits per heavy atom. The van der Waals surface area contributed by atoms with Crippen molar-refractivity contribution in [2.45, 2.75) is 25.7 Å². The van der Waals surface area contributed by atoms with Crippen LogP contribution in [0.1, 0.15) is 34.3 Å². The minimum Gasteiger partial charge on any atom is -0.322 e. The summed E-state index contributed by atoms with van der Waals surface area (Å²) in [6.07, 6.45) is 3.99. The van der Waals surface area contributed by atoms with E-state index in [1.807, 2.05) is 30.3 Å². The number of H-pyrrole nitrogens is 1. The van der Waals surface area contributed by atoms with Gasteiger partial charge in [-0.1, -0.05) is 22.0 Å². The van der Waals surface area contributed by atoms with E-state index in [-0.39, 0.29) is 11.5 Å². The van der Waals surface area contributed by atoms with Gasteiger partial charge in [-0.15, -0.1) is 0 Å². The SMILES string of the molecule is O=C(Nc1ccc2c3c(c(=O)[nH]c2c1)CCCC3)c1ccc(Br)cc1. The quantitative estimate of drug-likeness (QED) is 0.673. The number of fused-ring (bicyclic) bond motifs is 3. The monoisotopic (exact) mass is 396 g/mol. The molecule has 0 fully saturated rings. The standard InChI is InChI=1S/C20H17BrN2O2/c21-13-7-5-12(6-8-13)19(24)22-14-9-10-16-15-3-1-2-4-17(15)20(25)23-18(16)11-14/h5-11H,1-4H2,(H,22,24)(H,23,25). The summed E-state index contributed by atoms with van der Waals surface area (Å²) >= 11 is 3.36. The molecular weight excluding hydrogens is 380 g/mol. The Hall–Kier alpha value is -2.40. The molecule has 1 aliphatic rings. The molecule has 4 rings (SSSR count). The number of hydrogen-bond acceptors (Lipinski definition) is 2. The Kier molecular flexibility index (Phi) is 4.17. The number of aromatic nitrogens is 1. The molecule has 2 N–H and O–H groups in total. The van der Waals surface area contributed by atoms with E-state index in [2.05, 4.69) is 26.2 Å². The smallest absolute Gasteiger partial charge is 0.255 e. The fourth-order valence-electron chi connectivity index (χ4n) is 3.44. The molecule has 0 saturated carbocycles. The topological polar surface area (TPSA) is 62.0 Å². The van der Waals surface area contributed by atoms with E-state index in [0.717, 1.165) is 52.2 Å². The van der Waals surface area contributed by atoms with Gasteiger partial charge in [0.1, 0.15) is 0 Å². The van der Waals surface area contributed by atoms with Gasteiger partial charge >= 0.3 is 0 Å². The average Bonchev–Trinajstić information content (AvgIpc) is 2.62. The maximum absolute atomic E-state index is 12.4. The number of carbonyl (C=O) groups excluding carboxylic acids is 1. The minimum absolute atomic E-state index is 0.00131. The third kappa shape index (κ3) is 3.12. The van der Waals surface area contributed by atoms with Crippen molar-refractivity contribution in [3.63, 3.8) is 0 Å². The molecule has 4 nitrogen and oxygen atoms in total. The lowest BCUT2D eigenvalue weighted by Crippen LogP contribution is -2.19. The second kappa shape index (κ2) is 6.48. The highest BCUT2D eigenvalue weighted by Gasteiger charge is 2.16. The zero-order valence-electron chi connectivity index (χ0n) is 13.6. The molecule has 0 atom stereocenters. The van der Waals surface area contributed by atoms with Gasteiger partial charge in [0, 0.05) is 26.7 Å². The maximum atomic E-state index is 12.4. The molecule has 5 heteroatoms. The zero-order valence-corrected chi connectivity index (χ0v) is 15.2. The maximum Gasteiger partial charge on any atom is 0.255 e. The Balaban J connectivity index is 1.68. The normalized spacial score (nSPS) is 13.5. The van der Waals surface area contributed by atoms with Crippen LogP contribution in [0.4, 0.5) is 5.69 Å². The van der Waals surface area contributed by atoms with Crippen molar-refractivity contribution >= 4 is 38.4 Å². The van der Waals surface area contributed by atoms with E-state index in [1.165, 1.54) is 0 Å². The van der Waals surface area contributed by atoms with E-state index in [1.54, 1.807) is 12.1 Å². The number of pyridine rings is 1. The average molecular weight is 397 g/mol. The predicted octanol–water partition coefficient (Wildman–Crippen LogP) is 4.42. The number of amides is 1. The lowest BCUT2D eigenvalue weighted by molar-refractivity contribution is 0.102. The summed E-state index contributed by atoms with van der Waals surface area (Å²) in [6.45, 7) is 0. The van der Waals surface area contributed by atoms with Gasteiger partial charge in [0.25, 0.3) is 11.5 Å². The van der Waals surface area contributed by atoms with Gasteiger partial charge in [-0.25, -0.2) is 0 Å². The van der Waals surface area contributed by atoms with Crippen LogP contribution in [0.25, 0.3) is 10.9 Å². The van der Waals surface area contributed by atoms with Crippen molar-refractivity contribution < 1.29 is 4.79 Å². The number of rotatable bonds is 2. The number of aryl methyl sites for hydroxylation is 1. The van der Waals surface area contributed by atoms with Gasteiger partial charge in [-0.05, 0) is 67.6 Å². The largest absolute Gasteiger partial charge is 0.322 e. The Labute approximate surface area is 153 Å². The molecule has 0 radical (unpaired) electrons. The third-order valence-corrected chi connectivity index (χ3v) is 5.23. The van der Waals surface area contributed by atoms with Crippen LogP contribution in [-0.4, -0.2) is 10.9 Å². The van der Waals surface area contributed by atoms with Crippen molar-refractivity contribution in [1.29, 1.82) is 0 Å². The van der Waals surface area contributed by atoms with Crippen molar-refractivity contribution in [2.24, 2.45) is 0 Å². The van der Waals surface area contributed by atoms with Gasteiger partial charge in [-0.3, -0.25) is 9.59 Å². The molecule has 25 heavy (non-hydrogen) atoms. The zero-order chi connectivity index (χ0) is 17.4. The van der Waals surface area contributed by atoms with Gasteiger partial charge in [0.05, 0.1) is 5.52 Å². The molecule has 0 bridgehead atoms. The number of aromatic amines is 1. The second-order valence-corrected chi connectivity index (χ2v) is 7.26. The van der Waals surface area contributed by atoms with Crippen LogP contribution in [0.15, 0.2) is 51.7 Å². The molecule has 0 spiro atoms. The van der Waals surface area contributed by atoms with E-state index in [4.69, 9.17) is 0 Å². The molecule has 126 valence electrons. The summed E-state index contributed by atoms with van der Waals surface area (Å²) in [4.78, 5) is 27.6. The highest BCUT2D eigenvalue weighted by atomic mass is 79.9. The summed E-state index contributed by atoms with van der Waals surface area (Å²) in [5.74, 6) is -0.174. The Morgan fingerprint density at radius 2 is 1.72 bits per heavy atom. The molecular formula is C20H17BrN2O2. The van der Waals surface area contributed by atoms with Gasteiger partial charge in [0.2, 0.25) is 0 Å². The van der Waals surface area contributed by atoms with E-state index >= 15 is 0 Å². The van der Waals surface area contributed by atoms with Crippen LogP contribution in [0.2, 0.25) is 0 Å². The first kappa shape index (κ1) is 16.1. The summed E-state index contributed by atoms with van der Waals surface area (Å²) in [7, 11) is 0. The molecule has 2 aromatic carbocycles. The van der Waals surface area contributed by atoms with Crippen molar-refractivity contribution in [2.75, 3.05) is 5.32 Å². The lowest BCUT2D eigenvalue weighted by atomic mass is 9.90. The second-order valence-electron chi connectivity index (χ2n) is 6.34. The number of hydrogen-bond donors (Lipinski definition) is 2. The molecule has 0 aliphatic heterocycles. The predicted molar refractivity (Wildman–Crippen MR) is 103 cm³/mol. The van der Waals surface area contributed by atoms with Crippen LogP contribution in [0, 0.1) is 0 Å². The van der Waals surface area contributed by atoms with Crippen LogP contribution in [0.5, 0.6) is 0 Å². The molecule has 1 heterocycles. The van der Waals surface area contributed by atoms with Crippen LogP contribution >= 0.6 is 15.9 Å². The van der Waals surface area contributed by atoms with Crippen molar-refractivity contribution in [1.82, 2.24) is 4.98 Å². The highest BCUT2D eigenvalue weighted by Crippen LogP contribution is 2.27. The number of carbonyl (C=O) groups is 1. The summed E-state index contributed by atoms with van der Waals surface area (Å²) in [5.41, 5.74) is 4.12. The molecule has 1 amide bonds. The highest BCUT2D eigenvalue weighted by molar-refractivity contribution is 9.10. The Bertz CT molecular complexity index is 1020. The first-order valence-corrected chi connectivity index (χ1v) is 9.16. The van der Waals surface area contributed by atoms with Gasteiger partial charge < -0.3 is 10.3 Å². The molecule has 1 aromatic heterocycles. The number of anilines is 1.